The average molecular weight is 428 g/mol. The molecule has 1 aliphatic heterocycles. The number of carbonyl (C=O) groups is 2. The number of amides is 2. The maximum atomic E-state index is 12.6. The zero-order chi connectivity index (χ0) is 22.3. The standard InChI is InChI=1S/C24H29NO4S/c1-16(2)25-22(26)20-13-12-18(14-21(20)23(25)27)9-6-17-7-10-19(11-8-17)15-30(28,29)24(3,4)5/h7-8,10-14,16H,6,9,15H2,1-5H3. The number of benzene rings is 2. The maximum absolute atomic E-state index is 12.6. The first kappa shape index (κ1) is 22.2. The van der Waals surface area contributed by atoms with Gasteiger partial charge in [-0.05, 0) is 76.3 Å². The Morgan fingerprint density at radius 1 is 0.800 bits per heavy atom. The summed E-state index contributed by atoms with van der Waals surface area (Å²) in [4.78, 5) is 26.3. The number of sulfone groups is 1. The lowest BCUT2D eigenvalue weighted by Crippen LogP contribution is -2.35. The second-order valence-electron chi connectivity index (χ2n) is 9.14. The van der Waals surface area contributed by atoms with Crippen LogP contribution in [0.5, 0.6) is 0 Å². The number of fused-ring (bicyclic) bond motifs is 1. The van der Waals surface area contributed by atoms with Gasteiger partial charge in [-0.25, -0.2) is 8.42 Å². The largest absolute Gasteiger partial charge is 0.272 e. The van der Waals surface area contributed by atoms with Crippen LogP contribution in [0.2, 0.25) is 0 Å². The first-order chi connectivity index (χ1) is 13.9. The molecule has 1 aliphatic rings. The van der Waals surface area contributed by atoms with E-state index in [1.54, 1.807) is 26.8 Å². The summed E-state index contributed by atoms with van der Waals surface area (Å²) in [5.41, 5.74) is 3.83. The molecule has 0 saturated heterocycles. The Kier molecular flexibility index (Phi) is 5.92. The van der Waals surface area contributed by atoms with Gasteiger partial charge >= 0.3 is 0 Å². The summed E-state index contributed by atoms with van der Waals surface area (Å²) in [7, 11) is -3.21. The van der Waals surface area contributed by atoms with Crippen LogP contribution in [0.3, 0.4) is 0 Å². The van der Waals surface area contributed by atoms with Crippen LogP contribution >= 0.6 is 0 Å². The Balaban J connectivity index is 1.68. The van der Waals surface area contributed by atoms with E-state index in [0.29, 0.717) is 11.1 Å². The Labute approximate surface area is 179 Å². The second kappa shape index (κ2) is 7.99. The molecular formula is C24H29NO4S. The van der Waals surface area contributed by atoms with E-state index in [1.165, 1.54) is 4.90 Å². The molecule has 0 aromatic heterocycles. The van der Waals surface area contributed by atoms with E-state index in [2.05, 4.69) is 0 Å². The molecule has 0 saturated carbocycles. The first-order valence-electron chi connectivity index (χ1n) is 10.2. The van der Waals surface area contributed by atoms with E-state index >= 15 is 0 Å². The van der Waals surface area contributed by atoms with Crippen molar-refractivity contribution in [3.8, 4) is 0 Å². The third-order valence-electron chi connectivity index (χ3n) is 5.51. The van der Waals surface area contributed by atoms with Crippen molar-refractivity contribution >= 4 is 21.7 Å². The molecule has 0 bridgehead atoms. The molecule has 2 aromatic rings. The van der Waals surface area contributed by atoms with Crippen LogP contribution in [0, 0.1) is 0 Å². The summed E-state index contributed by atoms with van der Waals surface area (Å²) >= 11 is 0. The van der Waals surface area contributed by atoms with Gasteiger partial charge in [0.2, 0.25) is 0 Å². The fraction of sp³-hybridized carbons (Fsp3) is 0.417. The minimum Gasteiger partial charge on any atom is -0.272 e. The van der Waals surface area contributed by atoms with Gasteiger partial charge in [-0.2, -0.15) is 0 Å². The zero-order valence-corrected chi connectivity index (χ0v) is 19.0. The molecule has 3 rings (SSSR count). The van der Waals surface area contributed by atoms with Crippen molar-refractivity contribution in [2.24, 2.45) is 0 Å². The lowest BCUT2D eigenvalue weighted by atomic mass is 10.00. The molecular weight excluding hydrogens is 398 g/mol. The zero-order valence-electron chi connectivity index (χ0n) is 18.2. The topological polar surface area (TPSA) is 71.5 Å². The van der Waals surface area contributed by atoms with E-state index in [1.807, 2.05) is 50.2 Å². The fourth-order valence-corrected chi connectivity index (χ4v) is 4.52. The van der Waals surface area contributed by atoms with Gasteiger partial charge in [0.1, 0.15) is 0 Å². The third-order valence-corrected chi connectivity index (χ3v) is 8.09. The smallest absolute Gasteiger partial charge is 0.261 e. The van der Waals surface area contributed by atoms with Crippen LogP contribution in [-0.4, -0.2) is 35.9 Å². The molecule has 0 spiro atoms. The molecule has 6 heteroatoms. The molecule has 0 fully saturated rings. The number of hydrogen-bond acceptors (Lipinski definition) is 4. The van der Waals surface area contributed by atoms with Crippen LogP contribution < -0.4 is 0 Å². The average Bonchev–Trinajstić information content (AvgIpc) is 2.90. The van der Waals surface area contributed by atoms with Gasteiger partial charge in [0.25, 0.3) is 11.8 Å². The van der Waals surface area contributed by atoms with E-state index in [9.17, 15) is 18.0 Å². The summed E-state index contributed by atoms with van der Waals surface area (Å²) in [6.45, 7) is 8.81. The number of nitrogens with zero attached hydrogens (tertiary/aromatic N) is 1. The quantitative estimate of drug-likeness (QED) is 0.648. The number of carbonyl (C=O) groups excluding carboxylic acids is 2. The van der Waals surface area contributed by atoms with E-state index < -0.39 is 14.6 Å². The van der Waals surface area contributed by atoms with Gasteiger partial charge < -0.3 is 0 Å². The molecule has 30 heavy (non-hydrogen) atoms. The highest BCUT2D eigenvalue weighted by atomic mass is 32.2. The minimum atomic E-state index is -3.21. The van der Waals surface area contributed by atoms with Crippen LogP contribution in [0.15, 0.2) is 42.5 Å². The van der Waals surface area contributed by atoms with E-state index in [0.717, 1.165) is 29.5 Å². The van der Waals surface area contributed by atoms with E-state index in [4.69, 9.17) is 0 Å². The van der Waals surface area contributed by atoms with Crippen LogP contribution in [0.25, 0.3) is 0 Å². The highest BCUT2D eigenvalue weighted by molar-refractivity contribution is 7.91. The number of rotatable bonds is 6. The highest BCUT2D eigenvalue weighted by Crippen LogP contribution is 2.26. The van der Waals surface area contributed by atoms with Crippen LogP contribution in [-0.2, 0) is 28.4 Å². The maximum Gasteiger partial charge on any atom is 0.261 e. The first-order valence-corrected chi connectivity index (χ1v) is 11.9. The highest BCUT2D eigenvalue weighted by Gasteiger charge is 2.37. The van der Waals surface area contributed by atoms with Gasteiger partial charge in [-0.15, -0.1) is 0 Å². The monoisotopic (exact) mass is 427 g/mol. The van der Waals surface area contributed by atoms with Crippen molar-refractivity contribution in [3.05, 3.63) is 70.3 Å². The molecule has 0 unspecified atom stereocenters. The van der Waals surface area contributed by atoms with Gasteiger partial charge in [0, 0.05) is 6.04 Å². The second-order valence-corrected chi connectivity index (χ2v) is 11.9. The minimum absolute atomic E-state index is 0.0318. The Bertz CT molecular complexity index is 1080. The van der Waals surface area contributed by atoms with Gasteiger partial charge in [0.15, 0.2) is 9.84 Å². The summed E-state index contributed by atoms with van der Waals surface area (Å²) in [5.74, 6) is -0.419. The molecule has 2 aromatic carbocycles. The molecule has 5 nitrogen and oxygen atoms in total. The number of imide groups is 1. The summed E-state index contributed by atoms with van der Waals surface area (Å²) in [6, 6.07) is 12.9. The van der Waals surface area contributed by atoms with Crippen molar-refractivity contribution in [2.45, 2.75) is 64.0 Å². The normalized spacial score (nSPS) is 14.5. The lowest BCUT2D eigenvalue weighted by molar-refractivity contribution is 0.0609. The Hall–Kier alpha value is -2.47. The van der Waals surface area contributed by atoms with Gasteiger partial charge in [-0.1, -0.05) is 30.3 Å². The summed E-state index contributed by atoms with van der Waals surface area (Å²) < 4.78 is 24.0. The Morgan fingerprint density at radius 2 is 1.30 bits per heavy atom. The molecule has 0 radical (unpaired) electrons. The predicted octanol–water partition coefficient (Wildman–Crippen LogP) is 4.19. The van der Waals surface area contributed by atoms with Crippen LogP contribution in [0.1, 0.15) is 72.0 Å². The molecule has 1 heterocycles. The van der Waals surface area contributed by atoms with Crippen molar-refractivity contribution < 1.29 is 18.0 Å². The Morgan fingerprint density at radius 3 is 1.87 bits per heavy atom. The number of aryl methyl sites for hydroxylation is 2. The van der Waals surface area contributed by atoms with Crippen molar-refractivity contribution in [1.82, 2.24) is 4.90 Å². The molecule has 2 amide bonds. The van der Waals surface area contributed by atoms with Gasteiger partial charge in [-0.3, -0.25) is 14.5 Å². The molecule has 0 aliphatic carbocycles. The van der Waals surface area contributed by atoms with Gasteiger partial charge in [0.05, 0.1) is 21.6 Å². The lowest BCUT2D eigenvalue weighted by Gasteiger charge is -2.19. The molecule has 0 atom stereocenters. The third kappa shape index (κ3) is 4.33. The predicted molar refractivity (Wildman–Crippen MR) is 118 cm³/mol. The van der Waals surface area contributed by atoms with Crippen LogP contribution in [0.4, 0.5) is 0 Å². The summed E-state index contributed by atoms with van der Waals surface area (Å²) in [5, 5.41) is 0. The molecule has 160 valence electrons. The molecule has 0 N–H and O–H groups in total. The number of hydrogen-bond donors (Lipinski definition) is 0. The fourth-order valence-electron chi connectivity index (χ4n) is 3.46. The van der Waals surface area contributed by atoms with Crippen molar-refractivity contribution in [3.63, 3.8) is 0 Å². The van der Waals surface area contributed by atoms with E-state index in [-0.39, 0.29) is 23.6 Å². The SMILES string of the molecule is CC(C)N1C(=O)c2ccc(CCc3ccc(CS(=O)(=O)C(C)(C)C)cc3)cc2C1=O. The summed E-state index contributed by atoms with van der Waals surface area (Å²) in [6.07, 6.45) is 1.50. The van der Waals surface area contributed by atoms with Crippen molar-refractivity contribution in [2.75, 3.05) is 0 Å². The van der Waals surface area contributed by atoms with Crippen molar-refractivity contribution in [1.29, 1.82) is 0 Å².